The van der Waals surface area contributed by atoms with Crippen LogP contribution in [0, 0.1) is 5.92 Å². The Bertz CT molecular complexity index is 785. The summed E-state index contributed by atoms with van der Waals surface area (Å²) in [5, 5.41) is 5.80. The van der Waals surface area contributed by atoms with Crippen LogP contribution in [0.25, 0.3) is 0 Å². The van der Waals surface area contributed by atoms with Gasteiger partial charge in [-0.15, -0.1) is 0 Å². The van der Waals surface area contributed by atoms with Crippen molar-refractivity contribution in [2.75, 3.05) is 27.3 Å². The first-order valence-corrected chi connectivity index (χ1v) is 10.5. The number of carbonyl (C=O) groups excluding carboxylic acids is 3. The number of hydrogen-bond acceptors (Lipinski definition) is 5. The Balaban J connectivity index is 1.60. The minimum atomic E-state index is -0.712. The molecular weight excluding hydrogens is 386 g/mol. The molecule has 1 aliphatic carbocycles. The van der Waals surface area contributed by atoms with E-state index in [1.165, 1.54) is 6.92 Å². The van der Waals surface area contributed by atoms with Gasteiger partial charge >= 0.3 is 0 Å². The van der Waals surface area contributed by atoms with Crippen LogP contribution in [0.5, 0.6) is 11.5 Å². The number of nitrogens with zero attached hydrogens (tertiary/aromatic N) is 1. The minimum absolute atomic E-state index is 0.00484. The van der Waals surface area contributed by atoms with Crippen LogP contribution in [0.15, 0.2) is 18.2 Å². The lowest BCUT2D eigenvalue weighted by Crippen LogP contribution is -2.53. The van der Waals surface area contributed by atoms with E-state index in [2.05, 4.69) is 10.6 Å². The second kappa shape index (κ2) is 9.82. The standard InChI is InChI=1S/C22H31N3O5/c1-14(26)23-19(12-16-6-7-18(29-2)13-20(16)30-3)21(27)24-17-8-10-25(11-9-17)22(28)15-4-5-15/h6-7,13,15,17,19H,4-5,8-12H2,1-3H3,(H,23,26)(H,24,27)/t19-/m0/s1. The number of ether oxygens (including phenoxy) is 2. The fourth-order valence-corrected chi connectivity index (χ4v) is 3.83. The van der Waals surface area contributed by atoms with Gasteiger partial charge in [-0.25, -0.2) is 0 Å². The van der Waals surface area contributed by atoms with Gasteiger partial charge in [-0.1, -0.05) is 6.07 Å². The van der Waals surface area contributed by atoms with Gasteiger partial charge in [0.15, 0.2) is 0 Å². The van der Waals surface area contributed by atoms with Crippen LogP contribution in [0.2, 0.25) is 0 Å². The minimum Gasteiger partial charge on any atom is -0.497 e. The van der Waals surface area contributed by atoms with Crippen LogP contribution in [0.4, 0.5) is 0 Å². The predicted molar refractivity (Wildman–Crippen MR) is 111 cm³/mol. The highest BCUT2D eigenvalue weighted by Crippen LogP contribution is 2.32. The Morgan fingerprint density at radius 3 is 2.37 bits per heavy atom. The SMILES string of the molecule is COc1ccc(C[C@H](NC(C)=O)C(=O)NC2CCN(C(=O)C3CC3)CC2)c(OC)c1. The Kier molecular flexibility index (Phi) is 7.18. The first kappa shape index (κ1) is 21.9. The van der Waals surface area contributed by atoms with Gasteiger partial charge in [0.25, 0.3) is 0 Å². The molecule has 1 atom stereocenters. The fraction of sp³-hybridized carbons (Fsp3) is 0.591. The van der Waals surface area contributed by atoms with Crippen molar-refractivity contribution in [1.29, 1.82) is 0 Å². The number of methoxy groups -OCH3 is 2. The summed E-state index contributed by atoms with van der Waals surface area (Å²) >= 11 is 0. The quantitative estimate of drug-likeness (QED) is 0.664. The number of carbonyl (C=O) groups is 3. The van der Waals surface area contributed by atoms with Crippen LogP contribution in [0.1, 0.15) is 38.2 Å². The van der Waals surface area contributed by atoms with E-state index in [0.717, 1.165) is 31.2 Å². The van der Waals surface area contributed by atoms with Gasteiger partial charge in [0.05, 0.1) is 14.2 Å². The number of hydrogen-bond donors (Lipinski definition) is 2. The molecule has 2 aliphatic rings. The Morgan fingerprint density at radius 1 is 1.10 bits per heavy atom. The van der Waals surface area contributed by atoms with E-state index in [-0.39, 0.29) is 29.7 Å². The average molecular weight is 418 g/mol. The summed E-state index contributed by atoms with van der Waals surface area (Å²) in [6, 6.07) is 4.67. The van der Waals surface area contributed by atoms with Crippen molar-refractivity contribution >= 4 is 17.7 Å². The maximum atomic E-state index is 12.9. The van der Waals surface area contributed by atoms with Crippen LogP contribution in [-0.2, 0) is 20.8 Å². The largest absolute Gasteiger partial charge is 0.497 e. The van der Waals surface area contributed by atoms with Crippen molar-refractivity contribution < 1.29 is 23.9 Å². The molecule has 2 fully saturated rings. The zero-order valence-electron chi connectivity index (χ0n) is 17.9. The van der Waals surface area contributed by atoms with Crippen molar-refractivity contribution in [2.24, 2.45) is 5.92 Å². The second-order valence-electron chi connectivity index (χ2n) is 8.02. The smallest absolute Gasteiger partial charge is 0.243 e. The van der Waals surface area contributed by atoms with Crippen LogP contribution in [-0.4, -0.2) is 62.0 Å². The lowest BCUT2D eigenvalue weighted by molar-refractivity contribution is -0.134. The van der Waals surface area contributed by atoms with Crippen molar-refractivity contribution in [2.45, 2.75) is 51.1 Å². The van der Waals surface area contributed by atoms with E-state index in [4.69, 9.17) is 9.47 Å². The molecule has 2 N–H and O–H groups in total. The van der Waals surface area contributed by atoms with Gasteiger partial charge in [-0.2, -0.15) is 0 Å². The lowest BCUT2D eigenvalue weighted by atomic mass is 10.0. The molecule has 0 spiro atoms. The predicted octanol–water partition coefficient (Wildman–Crippen LogP) is 1.27. The van der Waals surface area contributed by atoms with Crippen molar-refractivity contribution in [3.05, 3.63) is 23.8 Å². The molecule has 1 saturated carbocycles. The highest BCUT2D eigenvalue weighted by molar-refractivity contribution is 5.87. The van der Waals surface area contributed by atoms with E-state index in [0.29, 0.717) is 31.0 Å². The third-order valence-corrected chi connectivity index (χ3v) is 5.69. The van der Waals surface area contributed by atoms with Gasteiger partial charge in [-0.3, -0.25) is 14.4 Å². The monoisotopic (exact) mass is 417 g/mol. The van der Waals surface area contributed by atoms with Gasteiger partial charge in [0.2, 0.25) is 17.7 Å². The first-order chi connectivity index (χ1) is 14.4. The maximum absolute atomic E-state index is 12.9. The summed E-state index contributed by atoms with van der Waals surface area (Å²) in [6.07, 6.45) is 3.76. The van der Waals surface area contributed by atoms with Gasteiger partial charge < -0.3 is 25.0 Å². The molecule has 3 amide bonds. The Hall–Kier alpha value is -2.77. The van der Waals surface area contributed by atoms with E-state index in [9.17, 15) is 14.4 Å². The Morgan fingerprint density at radius 2 is 1.80 bits per heavy atom. The number of amides is 3. The van der Waals surface area contributed by atoms with E-state index < -0.39 is 6.04 Å². The van der Waals surface area contributed by atoms with E-state index in [1.807, 2.05) is 11.0 Å². The number of nitrogens with one attached hydrogen (secondary N) is 2. The molecule has 0 unspecified atom stereocenters. The molecule has 1 aromatic rings. The molecule has 1 aliphatic heterocycles. The summed E-state index contributed by atoms with van der Waals surface area (Å²) in [5.74, 6) is 1.23. The molecule has 8 nitrogen and oxygen atoms in total. The Labute approximate surface area is 177 Å². The maximum Gasteiger partial charge on any atom is 0.243 e. The topological polar surface area (TPSA) is 97.0 Å². The van der Waals surface area contributed by atoms with Crippen LogP contribution >= 0.6 is 0 Å². The number of likely N-dealkylation sites (tertiary alicyclic amines) is 1. The average Bonchev–Trinajstić information content (AvgIpc) is 3.58. The van der Waals surface area contributed by atoms with Crippen molar-refractivity contribution in [3.63, 3.8) is 0 Å². The summed E-state index contributed by atoms with van der Waals surface area (Å²) < 4.78 is 10.6. The summed E-state index contributed by atoms with van der Waals surface area (Å²) in [7, 11) is 3.13. The highest BCUT2D eigenvalue weighted by Gasteiger charge is 2.35. The summed E-state index contributed by atoms with van der Waals surface area (Å²) in [4.78, 5) is 38.7. The molecule has 1 saturated heterocycles. The van der Waals surface area contributed by atoms with E-state index in [1.54, 1.807) is 26.4 Å². The number of benzene rings is 1. The highest BCUT2D eigenvalue weighted by atomic mass is 16.5. The molecule has 3 rings (SSSR count). The van der Waals surface area contributed by atoms with Crippen molar-refractivity contribution in [1.82, 2.24) is 15.5 Å². The molecule has 1 aromatic carbocycles. The van der Waals surface area contributed by atoms with E-state index >= 15 is 0 Å². The summed E-state index contributed by atoms with van der Waals surface area (Å²) in [5.41, 5.74) is 0.803. The zero-order valence-corrected chi connectivity index (χ0v) is 17.9. The van der Waals surface area contributed by atoms with Gasteiger partial charge in [0, 0.05) is 44.5 Å². The molecule has 0 radical (unpaired) electrons. The number of piperidine rings is 1. The summed E-state index contributed by atoms with van der Waals surface area (Å²) in [6.45, 7) is 2.72. The normalized spacial score (nSPS) is 17.8. The lowest BCUT2D eigenvalue weighted by Gasteiger charge is -2.33. The molecule has 164 valence electrons. The molecular formula is C22H31N3O5. The zero-order chi connectivity index (χ0) is 21.7. The van der Waals surface area contributed by atoms with Gasteiger partial charge in [-0.05, 0) is 37.3 Å². The molecule has 8 heteroatoms. The van der Waals surface area contributed by atoms with Crippen molar-refractivity contribution in [3.8, 4) is 11.5 Å². The fourth-order valence-electron chi connectivity index (χ4n) is 3.83. The second-order valence-corrected chi connectivity index (χ2v) is 8.02. The third kappa shape index (κ3) is 5.64. The van der Waals surface area contributed by atoms with Crippen LogP contribution < -0.4 is 20.1 Å². The molecule has 0 bridgehead atoms. The van der Waals surface area contributed by atoms with Gasteiger partial charge in [0.1, 0.15) is 17.5 Å². The molecule has 30 heavy (non-hydrogen) atoms. The molecule has 1 heterocycles. The number of rotatable bonds is 8. The first-order valence-electron chi connectivity index (χ1n) is 10.5. The molecule has 0 aromatic heterocycles. The van der Waals surface area contributed by atoms with Crippen LogP contribution in [0.3, 0.4) is 0 Å². The third-order valence-electron chi connectivity index (χ3n) is 5.69.